The first-order chi connectivity index (χ1) is 18.1. The molecule has 0 atom stereocenters. The molecular weight excluding hydrogens is 460 g/mol. The first-order valence-electron chi connectivity index (χ1n) is 13.5. The zero-order valence-electron chi connectivity index (χ0n) is 21.4. The fourth-order valence-corrected chi connectivity index (χ4v) is 5.04. The van der Waals surface area contributed by atoms with Crippen LogP contribution in [0.2, 0.25) is 0 Å². The average molecular weight is 497 g/mol. The second-order valence-corrected chi connectivity index (χ2v) is 10.1. The Labute approximate surface area is 219 Å². The van der Waals surface area contributed by atoms with E-state index in [0.717, 1.165) is 73.3 Å². The molecule has 2 fully saturated rings. The minimum absolute atomic E-state index is 0.110. The van der Waals surface area contributed by atoms with Gasteiger partial charge in [-0.25, -0.2) is 0 Å². The SMILES string of the molecule is NCCCN(Cc1cccc(-c2ccc(N3CCCC3)c(NC(=O)c3ccccc3)c2)c1)C(=O)C1CC1. The molecule has 0 unspecified atom stereocenters. The maximum atomic E-state index is 13.0. The summed E-state index contributed by atoms with van der Waals surface area (Å²) in [6.07, 6.45) is 5.13. The van der Waals surface area contributed by atoms with Crippen LogP contribution >= 0.6 is 0 Å². The number of nitrogens with two attached hydrogens (primary N) is 1. The molecule has 1 heterocycles. The standard InChI is InChI=1S/C31H36N4O2/c32-16-7-19-35(31(37)25-12-13-25)22-23-8-6-11-26(20-23)27-14-15-29(34-17-4-5-18-34)28(21-27)33-30(36)24-9-2-1-3-10-24/h1-3,6,8-11,14-15,20-21,25H,4-5,7,12-13,16-19,22,32H2,(H,33,36). The van der Waals surface area contributed by atoms with Crippen LogP contribution in [0.3, 0.4) is 0 Å². The van der Waals surface area contributed by atoms with Gasteiger partial charge in [-0.05, 0) is 85.7 Å². The van der Waals surface area contributed by atoms with Gasteiger partial charge in [0.2, 0.25) is 5.91 Å². The third-order valence-corrected chi connectivity index (χ3v) is 7.23. The Kier molecular flexibility index (Phi) is 7.85. The number of rotatable bonds is 10. The Morgan fingerprint density at radius 1 is 0.919 bits per heavy atom. The first-order valence-corrected chi connectivity index (χ1v) is 13.5. The summed E-state index contributed by atoms with van der Waals surface area (Å²) in [6, 6.07) is 24.0. The van der Waals surface area contributed by atoms with Crippen LogP contribution in [0.25, 0.3) is 11.1 Å². The molecule has 0 spiro atoms. The van der Waals surface area contributed by atoms with E-state index in [1.165, 1.54) is 0 Å². The van der Waals surface area contributed by atoms with E-state index in [1.54, 1.807) is 0 Å². The third kappa shape index (κ3) is 6.20. The van der Waals surface area contributed by atoms with E-state index in [4.69, 9.17) is 5.73 Å². The minimum Gasteiger partial charge on any atom is -0.370 e. The summed E-state index contributed by atoms with van der Waals surface area (Å²) in [5, 5.41) is 3.17. The fraction of sp³-hybridized carbons (Fsp3) is 0.355. The Morgan fingerprint density at radius 3 is 2.41 bits per heavy atom. The molecule has 3 N–H and O–H groups in total. The van der Waals surface area contributed by atoms with Crippen molar-refractivity contribution in [1.82, 2.24) is 4.90 Å². The zero-order valence-corrected chi connectivity index (χ0v) is 21.4. The van der Waals surface area contributed by atoms with Gasteiger partial charge in [-0.2, -0.15) is 0 Å². The number of benzene rings is 3. The summed E-state index contributed by atoms with van der Waals surface area (Å²) >= 11 is 0. The monoisotopic (exact) mass is 496 g/mol. The van der Waals surface area contributed by atoms with Crippen LogP contribution in [0.4, 0.5) is 11.4 Å². The van der Waals surface area contributed by atoms with Crippen molar-refractivity contribution >= 4 is 23.2 Å². The predicted molar refractivity (Wildman–Crippen MR) is 150 cm³/mol. The molecular formula is C31H36N4O2. The van der Waals surface area contributed by atoms with Gasteiger partial charge in [0.05, 0.1) is 11.4 Å². The van der Waals surface area contributed by atoms with Gasteiger partial charge in [0.25, 0.3) is 5.91 Å². The van der Waals surface area contributed by atoms with Gasteiger partial charge in [-0.15, -0.1) is 0 Å². The third-order valence-electron chi connectivity index (χ3n) is 7.23. The smallest absolute Gasteiger partial charge is 0.255 e. The van der Waals surface area contributed by atoms with E-state index in [0.29, 0.717) is 25.2 Å². The molecule has 0 aromatic heterocycles. The van der Waals surface area contributed by atoms with Crippen LogP contribution in [0.1, 0.15) is 48.0 Å². The van der Waals surface area contributed by atoms with Gasteiger partial charge in [0.15, 0.2) is 0 Å². The number of carbonyl (C=O) groups excluding carboxylic acids is 2. The number of nitrogens with one attached hydrogen (secondary N) is 1. The molecule has 6 heteroatoms. The van der Waals surface area contributed by atoms with Crippen molar-refractivity contribution in [2.75, 3.05) is 36.4 Å². The number of anilines is 2. The van der Waals surface area contributed by atoms with Crippen molar-refractivity contribution in [2.24, 2.45) is 11.7 Å². The number of nitrogens with zero attached hydrogens (tertiary/aromatic N) is 2. The van der Waals surface area contributed by atoms with Crippen LogP contribution in [0, 0.1) is 5.92 Å². The van der Waals surface area contributed by atoms with Gasteiger partial charge in [0, 0.05) is 37.7 Å². The molecule has 3 aromatic carbocycles. The van der Waals surface area contributed by atoms with Gasteiger partial charge >= 0.3 is 0 Å². The van der Waals surface area contributed by atoms with Crippen LogP contribution in [-0.4, -0.2) is 42.9 Å². The summed E-state index contributed by atoms with van der Waals surface area (Å²) in [5.41, 5.74) is 11.5. The van der Waals surface area contributed by atoms with Crippen LogP contribution in [0.5, 0.6) is 0 Å². The van der Waals surface area contributed by atoms with E-state index in [-0.39, 0.29) is 17.7 Å². The lowest BCUT2D eigenvalue weighted by atomic mass is 10.0. The second kappa shape index (κ2) is 11.6. The van der Waals surface area contributed by atoms with E-state index in [2.05, 4.69) is 46.6 Å². The lowest BCUT2D eigenvalue weighted by Crippen LogP contribution is -2.33. The summed E-state index contributed by atoms with van der Waals surface area (Å²) in [7, 11) is 0. The Bertz CT molecular complexity index is 1230. The summed E-state index contributed by atoms with van der Waals surface area (Å²) in [5.74, 6) is 0.329. The summed E-state index contributed by atoms with van der Waals surface area (Å²) in [4.78, 5) is 30.2. The highest BCUT2D eigenvalue weighted by molar-refractivity contribution is 6.06. The highest BCUT2D eigenvalue weighted by Gasteiger charge is 2.33. The quantitative estimate of drug-likeness (QED) is 0.400. The highest BCUT2D eigenvalue weighted by atomic mass is 16.2. The molecule has 0 bridgehead atoms. The van der Waals surface area contributed by atoms with Crippen molar-refractivity contribution < 1.29 is 9.59 Å². The summed E-state index contributed by atoms with van der Waals surface area (Å²) < 4.78 is 0. The van der Waals surface area contributed by atoms with E-state index >= 15 is 0 Å². The normalized spacial score (nSPS) is 15.0. The molecule has 1 aliphatic heterocycles. The number of hydrogen-bond donors (Lipinski definition) is 2. The van der Waals surface area contributed by atoms with Crippen LogP contribution in [0.15, 0.2) is 72.8 Å². The van der Waals surface area contributed by atoms with Gasteiger partial charge in [-0.3, -0.25) is 9.59 Å². The zero-order chi connectivity index (χ0) is 25.6. The molecule has 192 valence electrons. The van der Waals surface area contributed by atoms with Crippen molar-refractivity contribution in [3.05, 3.63) is 83.9 Å². The maximum Gasteiger partial charge on any atom is 0.255 e. The maximum absolute atomic E-state index is 13.0. The lowest BCUT2D eigenvalue weighted by Gasteiger charge is -2.24. The Morgan fingerprint density at radius 2 is 1.68 bits per heavy atom. The molecule has 0 radical (unpaired) electrons. The molecule has 37 heavy (non-hydrogen) atoms. The molecule has 2 aliphatic rings. The molecule has 2 amide bonds. The fourth-order valence-electron chi connectivity index (χ4n) is 5.04. The van der Waals surface area contributed by atoms with Gasteiger partial charge in [0.1, 0.15) is 0 Å². The molecule has 5 rings (SSSR count). The van der Waals surface area contributed by atoms with E-state index < -0.39 is 0 Å². The summed E-state index contributed by atoms with van der Waals surface area (Å²) in [6.45, 7) is 3.85. The van der Waals surface area contributed by atoms with Crippen molar-refractivity contribution in [2.45, 2.75) is 38.6 Å². The van der Waals surface area contributed by atoms with Crippen LogP contribution in [-0.2, 0) is 11.3 Å². The van der Waals surface area contributed by atoms with Crippen molar-refractivity contribution in [3.8, 4) is 11.1 Å². The van der Waals surface area contributed by atoms with Gasteiger partial charge in [-0.1, -0.05) is 42.5 Å². The predicted octanol–water partition coefficient (Wildman–Crippen LogP) is 5.29. The molecule has 1 aliphatic carbocycles. The molecule has 1 saturated carbocycles. The van der Waals surface area contributed by atoms with Crippen molar-refractivity contribution in [1.29, 1.82) is 0 Å². The molecule has 3 aromatic rings. The van der Waals surface area contributed by atoms with Gasteiger partial charge < -0.3 is 20.9 Å². The average Bonchev–Trinajstić information content (AvgIpc) is 3.65. The van der Waals surface area contributed by atoms with E-state index in [1.807, 2.05) is 41.3 Å². The number of hydrogen-bond acceptors (Lipinski definition) is 4. The molecule has 1 saturated heterocycles. The lowest BCUT2D eigenvalue weighted by molar-refractivity contribution is -0.133. The van der Waals surface area contributed by atoms with Crippen molar-refractivity contribution in [3.63, 3.8) is 0 Å². The number of carbonyl (C=O) groups is 2. The first kappa shape index (κ1) is 25.0. The topological polar surface area (TPSA) is 78.7 Å². The second-order valence-electron chi connectivity index (χ2n) is 10.1. The minimum atomic E-state index is -0.110. The highest BCUT2D eigenvalue weighted by Crippen LogP contribution is 2.35. The molecule has 6 nitrogen and oxygen atoms in total. The van der Waals surface area contributed by atoms with Crippen LogP contribution < -0.4 is 16.0 Å². The Balaban J connectivity index is 1.41. The largest absolute Gasteiger partial charge is 0.370 e. The van der Waals surface area contributed by atoms with E-state index in [9.17, 15) is 9.59 Å². The number of amides is 2. The Hall–Kier alpha value is -3.64.